The first-order chi connectivity index (χ1) is 5.93. The molecule has 0 bridgehead atoms. The van der Waals surface area contributed by atoms with E-state index in [-0.39, 0.29) is 6.42 Å². The van der Waals surface area contributed by atoms with Gasteiger partial charge >= 0.3 is 11.9 Å². The number of nitrogens with two attached hydrogens (primary N) is 1. The monoisotopic (exact) mass is 187 g/mol. The van der Waals surface area contributed by atoms with Crippen LogP contribution in [0.3, 0.4) is 0 Å². The minimum atomic E-state index is -1.36. The average Bonchev–Trinajstić information content (AvgIpc) is 2.81. The first-order valence-corrected chi connectivity index (χ1v) is 4.18. The minimum Gasteiger partial charge on any atom is -0.481 e. The van der Waals surface area contributed by atoms with Gasteiger partial charge in [-0.25, -0.2) is 0 Å². The van der Waals surface area contributed by atoms with E-state index in [1.54, 1.807) is 6.92 Å². The lowest BCUT2D eigenvalue weighted by Gasteiger charge is -2.22. The highest BCUT2D eigenvalue weighted by molar-refractivity contribution is 5.83. The zero-order valence-corrected chi connectivity index (χ0v) is 7.36. The second-order valence-corrected chi connectivity index (χ2v) is 3.49. The Labute approximate surface area is 75.5 Å². The summed E-state index contributed by atoms with van der Waals surface area (Å²) in [4.78, 5) is 21.3. The molecule has 0 aromatic rings. The van der Waals surface area contributed by atoms with E-state index in [9.17, 15) is 9.59 Å². The molecule has 5 nitrogen and oxygen atoms in total. The van der Waals surface area contributed by atoms with Crippen molar-refractivity contribution >= 4 is 11.9 Å². The van der Waals surface area contributed by atoms with Gasteiger partial charge in [-0.2, -0.15) is 0 Å². The van der Waals surface area contributed by atoms with Gasteiger partial charge in [-0.15, -0.1) is 0 Å². The van der Waals surface area contributed by atoms with Crippen molar-refractivity contribution in [3.63, 3.8) is 0 Å². The van der Waals surface area contributed by atoms with E-state index < -0.39 is 29.3 Å². The number of aliphatic carboxylic acids is 2. The maximum Gasteiger partial charge on any atom is 0.323 e. The van der Waals surface area contributed by atoms with Gasteiger partial charge in [0.15, 0.2) is 0 Å². The minimum absolute atomic E-state index is 0.261. The third kappa shape index (κ3) is 1.51. The van der Waals surface area contributed by atoms with E-state index >= 15 is 0 Å². The Morgan fingerprint density at radius 1 is 1.54 bits per heavy atom. The highest BCUT2D eigenvalue weighted by Crippen LogP contribution is 2.46. The smallest absolute Gasteiger partial charge is 0.323 e. The number of carboxylic acids is 2. The summed E-state index contributed by atoms with van der Waals surface area (Å²) in [7, 11) is 0. The molecule has 13 heavy (non-hydrogen) atoms. The maximum absolute atomic E-state index is 10.8. The van der Waals surface area contributed by atoms with Crippen LogP contribution in [0.5, 0.6) is 0 Å². The number of rotatable bonds is 4. The first-order valence-electron chi connectivity index (χ1n) is 4.18. The topological polar surface area (TPSA) is 101 Å². The molecule has 0 amide bonds. The Balaban J connectivity index is 2.71. The van der Waals surface area contributed by atoms with Gasteiger partial charge in [0.25, 0.3) is 0 Å². The lowest BCUT2D eigenvalue weighted by molar-refractivity contribution is -0.145. The van der Waals surface area contributed by atoms with Crippen LogP contribution >= 0.6 is 0 Å². The predicted octanol–water partition coefficient (Wildman–Crippen LogP) is -0.101. The molecule has 0 radical (unpaired) electrons. The van der Waals surface area contributed by atoms with E-state index in [1.807, 2.05) is 0 Å². The van der Waals surface area contributed by atoms with E-state index in [4.69, 9.17) is 15.9 Å². The third-order valence-electron chi connectivity index (χ3n) is 2.75. The molecule has 4 N–H and O–H groups in total. The van der Waals surface area contributed by atoms with Crippen molar-refractivity contribution in [2.24, 2.45) is 17.6 Å². The van der Waals surface area contributed by atoms with Crippen molar-refractivity contribution in [1.82, 2.24) is 0 Å². The van der Waals surface area contributed by atoms with Crippen molar-refractivity contribution < 1.29 is 19.8 Å². The van der Waals surface area contributed by atoms with Crippen LogP contribution in [-0.2, 0) is 9.59 Å². The fraction of sp³-hybridized carbons (Fsp3) is 0.750. The van der Waals surface area contributed by atoms with Gasteiger partial charge in [0, 0.05) is 5.92 Å². The molecule has 0 aliphatic heterocycles. The highest BCUT2D eigenvalue weighted by atomic mass is 16.4. The lowest BCUT2D eigenvalue weighted by Crippen LogP contribution is -2.50. The molecule has 0 heterocycles. The number of carboxylic acid groups (broad SMARTS) is 2. The molecule has 1 unspecified atom stereocenters. The molecule has 1 saturated carbocycles. The van der Waals surface area contributed by atoms with Crippen LogP contribution in [0.2, 0.25) is 0 Å². The van der Waals surface area contributed by atoms with Crippen molar-refractivity contribution in [2.75, 3.05) is 0 Å². The molecule has 0 aromatic heterocycles. The number of carbonyl (C=O) groups is 2. The molecule has 1 fully saturated rings. The van der Waals surface area contributed by atoms with Crippen LogP contribution in [0.1, 0.15) is 19.8 Å². The molecular formula is C8H13NO4. The molecule has 1 aliphatic carbocycles. The number of hydrogen-bond acceptors (Lipinski definition) is 3. The van der Waals surface area contributed by atoms with E-state index in [2.05, 4.69) is 0 Å². The van der Waals surface area contributed by atoms with E-state index in [0.29, 0.717) is 6.42 Å². The molecule has 74 valence electrons. The zero-order valence-electron chi connectivity index (χ0n) is 7.36. The van der Waals surface area contributed by atoms with Crippen molar-refractivity contribution in [1.29, 1.82) is 0 Å². The largest absolute Gasteiger partial charge is 0.481 e. The van der Waals surface area contributed by atoms with Gasteiger partial charge in [0.2, 0.25) is 0 Å². The summed E-state index contributed by atoms with van der Waals surface area (Å²) in [5.41, 5.74) is 4.25. The van der Waals surface area contributed by atoms with Gasteiger partial charge in [-0.05, 0) is 12.8 Å². The van der Waals surface area contributed by atoms with Gasteiger partial charge in [-0.3, -0.25) is 9.59 Å². The molecule has 0 aromatic carbocycles. The molecule has 1 aliphatic rings. The Kier molecular flexibility index (Phi) is 2.30. The summed E-state index contributed by atoms with van der Waals surface area (Å²) in [5.74, 6) is -3.04. The SMILES string of the molecule is CC[C@@](N)(C(=O)O)[C@H]1CC1C(=O)O. The molecule has 0 spiro atoms. The number of hydrogen-bond donors (Lipinski definition) is 3. The van der Waals surface area contributed by atoms with Crippen molar-refractivity contribution in [3.8, 4) is 0 Å². The van der Waals surface area contributed by atoms with Gasteiger partial charge in [-0.1, -0.05) is 6.92 Å². The molecule has 3 atom stereocenters. The predicted molar refractivity (Wildman–Crippen MR) is 44.1 cm³/mol. The maximum atomic E-state index is 10.8. The van der Waals surface area contributed by atoms with Gasteiger partial charge < -0.3 is 15.9 Å². The Hall–Kier alpha value is -1.10. The fourth-order valence-electron chi connectivity index (χ4n) is 1.61. The zero-order chi connectivity index (χ0) is 10.2. The lowest BCUT2D eigenvalue weighted by atomic mass is 9.90. The summed E-state index contributed by atoms with van der Waals surface area (Å²) in [5, 5.41) is 17.4. The van der Waals surface area contributed by atoms with Crippen LogP contribution in [0.4, 0.5) is 0 Å². The van der Waals surface area contributed by atoms with E-state index in [1.165, 1.54) is 0 Å². The van der Waals surface area contributed by atoms with Crippen LogP contribution < -0.4 is 5.73 Å². The molecule has 0 saturated heterocycles. The van der Waals surface area contributed by atoms with Crippen LogP contribution in [-0.4, -0.2) is 27.7 Å². The van der Waals surface area contributed by atoms with Gasteiger partial charge in [0.1, 0.15) is 5.54 Å². The van der Waals surface area contributed by atoms with E-state index in [0.717, 1.165) is 0 Å². The fourth-order valence-corrected chi connectivity index (χ4v) is 1.61. The third-order valence-corrected chi connectivity index (χ3v) is 2.75. The standard InChI is InChI=1S/C8H13NO4/c1-2-8(9,7(12)13)5-3-4(5)6(10)11/h4-5H,2-3,9H2,1H3,(H,10,11)(H,12,13)/t4?,5-,8-/m0/s1. The normalized spacial score (nSPS) is 30.6. The average molecular weight is 187 g/mol. The van der Waals surface area contributed by atoms with Gasteiger partial charge in [0.05, 0.1) is 5.92 Å². The van der Waals surface area contributed by atoms with Crippen molar-refractivity contribution in [2.45, 2.75) is 25.3 Å². The summed E-state index contributed by atoms with van der Waals surface area (Å²) in [6.45, 7) is 1.66. The van der Waals surface area contributed by atoms with Crippen LogP contribution in [0.25, 0.3) is 0 Å². The first kappa shape index (κ1) is 9.98. The summed E-state index contributed by atoms with van der Waals surface area (Å²) in [6, 6.07) is 0. The summed E-state index contributed by atoms with van der Waals surface area (Å²) < 4.78 is 0. The van der Waals surface area contributed by atoms with Crippen molar-refractivity contribution in [3.05, 3.63) is 0 Å². The van der Waals surface area contributed by atoms with Crippen LogP contribution in [0.15, 0.2) is 0 Å². The highest BCUT2D eigenvalue weighted by Gasteiger charge is 2.57. The molecule has 5 heteroatoms. The quantitative estimate of drug-likeness (QED) is 0.570. The summed E-state index contributed by atoms with van der Waals surface area (Å²) in [6.07, 6.45) is 0.642. The molecule has 1 rings (SSSR count). The second-order valence-electron chi connectivity index (χ2n) is 3.49. The second kappa shape index (κ2) is 2.99. The Morgan fingerprint density at radius 2 is 2.08 bits per heavy atom. The Bertz CT molecular complexity index is 253. The molecular weight excluding hydrogens is 174 g/mol. The summed E-state index contributed by atoms with van der Waals surface area (Å²) >= 11 is 0. The van der Waals surface area contributed by atoms with Crippen LogP contribution in [0, 0.1) is 11.8 Å². The Morgan fingerprint density at radius 3 is 2.31 bits per heavy atom.